The van der Waals surface area contributed by atoms with E-state index in [1.165, 1.54) is 0 Å². The number of carbonyl (C=O) groups excluding carboxylic acids is 1. The zero-order chi connectivity index (χ0) is 12.3. The van der Waals surface area contributed by atoms with Crippen molar-refractivity contribution in [3.63, 3.8) is 0 Å². The first kappa shape index (κ1) is 11.9. The molecule has 1 aliphatic rings. The number of hydrogen-bond donors (Lipinski definition) is 2. The van der Waals surface area contributed by atoms with Crippen LogP contribution in [0.2, 0.25) is 0 Å². The molecule has 0 radical (unpaired) electrons. The molecule has 2 rings (SSSR count). The first-order chi connectivity index (χ1) is 8.26. The number of amides is 1. The monoisotopic (exact) mass is 234 g/mol. The Kier molecular flexibility index (Phi) is 3.64. The number of nitrogens with zero attached hydrogens (tertiary/aromatic N) is 1. The van der Waals surface area contributed by atoms with Gasteiger partial charge in [0.15, 0.2) is 0 Å². The predicted molar refractivity (Wildman–Crippen MR) is 67.1 cm³/mol. The fourth-order valence-electron chi connectivity index (χ4n) is 1.89. The highest BCUT2D eigenvalue weighted by atomic mass is 16.3. The molecule has 1 aromatic carbocycles. The summed E-state index contributed by atoms with van der Waals surface area (Å²) in [6, 6.07) is 7.75. The van der Waals surface area contributed by atoms with Crippen LogP contribution in [-0.4, -0.2) is 42.2 Å². The molecule has 2 N–H and O–H groups in total. The van der Waals surface area contributed by atoms with Gasteiger partial charge in [-0.05, 0) is 37.1 Å². The van der Waals surface area contributed by atoms with Crippen molar-refractivity contribution in [1.29, 1.82) is 0 Å². The van der Waals surface area contributed by atoms with Gasteiger partial charge in [0.25, 0.3) is 5.91 Å². The maximum absolute atomic E-state index is 12.2. The minimum atomic E-state index is 0.0178. The summed E-state index contributed by atoms with van der Waals surface area (Å²) >= 11 is 0. The summed E-state index contributed by atoms with van der Waals surface area (Å²) in [5, 5.41) is 12.0. The molecule has 17 heavy (non-hydrogen) atoms. The first-order valence-electron chi connectivity index (χ1n) is 5.96. The average Bonchev–Trinajstić information content (AvgIpc) is 3.19. The first-order valence-corrected chi connectivity index (χ1v) is 5.96. The van der Waals surface area contributed by atoms with Crippen LogP contribution < -0.4 is 5.32 Å². The maximum atomic E-state index is 12.2. The summed E-state index contributed by atoms with van der Waals surface area (Å²) in [6.45, 7) is 0.452. The largest absolute Gasteiger partial charge is 0.395 e. The van der Waals surface area contributed by atoms with Gasteiger partial charge in [-0.2, -0.15) is 0 Å². The van der Waals surface area contributed by atoms with Gasteiger partial charge >= 0.3 is 0 Å². The van der Waals surface area contributed by atoms with E-state index < -0.39 is 0 Å². The second kappa shape index (κ2) is 5.19. The number of hydrogen-bond acceptors (Lipinski definition) is 3. The van der Waals surface area contributed by atoms with E-state index >= 15 is 0 Å². The average molecular weight is 234 g/mol. The molecule has 4 heteroatoms. The van der Waals surface area contributed by atoms with Gasteiger partial charge in [-0.25, -0.2) is 0 Å². The normalized spacial score (nSPS) is 14.5. The lowest BCUT2D eigenvalue weighted by Crippen LogP contribution is -2.35. The van der Waals surface area contributed by atoms with Crippen LogP contribution in [0.5, 0.6) is 0 Å². The van der Waals surface area contributed by atoms with Gasteiger partial charge < -0.3 is 15.3 Å². The number of carbonyl (C=O) groups is 1. The molecule has 4 nitrogen and oxygen atoms in total. The van der Waals surface area contributed by atoms with E-state index in [0.717, 1.165) is 18.5 Å². The van der Waals surface area contributed by atoms with Crippen molar-refractivity contribution < 1.29 is 9.90 Å². The van der Waals surface area contributed by atoms with Crippen LogP contribution >= 0.6 is 0 Å². The van der Waals surface area contributed by atoms with E-state index in [2.05, 4.69) is 5.32 Å². The van der Waals surface area contributed by atoms with Crippen LogP contribution in [0, 0.1) is 0 Å². The van der Waals surface area contributed by atoms with E-state index in [1.807, 2.05) is 31.3 Å². The van der Waals surface area contributed by atoms with Crippen molar-refractivity contribution in [3.05, 3.63) is 29.8 Å². The molecule has 0 aliphatic heterocycles. The van der Waals surface area contributed by atoms with Gasteiger partial charge in [-0.3, -0.25) is 4.79 Å². The number of anilines is 1. The number of aliphatic hydroxyl groups excluding tert-OH is 1. The molecule has 1 aliphatic carbocycles. The molecule has 1 saturated carbocycles. The molecule has 1 aromatic rings. The summed E-state index contributed by atoms with van der Waals surface area (Å²) in [5.41, 5.74) is 1.67. The minimum absolute atomic E-state index is 0.0178. The van der Waals surface area contributed by atoms with Crippen molar-refractivity contribution >= 4 is 11.6 Å². The maximum Gasteiger partial charge on any atom is 0.254 e. The Morgan fingerprint density at radius 3 is 2.53 bits per heavy atom. The molecule has 0 aromatic heterocycles. The second-order valence-electron chi connectivity index (χ2n) is 4.28. The third-order valence-corrected chi connectivity index (χ3v) is 3.01. The van der Waals surface area contributed by atoms with E-state index in [1.54, 1.807) is 4.90 Å². The van der Waals surface area contributed by atoms with Crippen LogP contribution in [0.1, 0.15) is 23.2 Å². The summed E-state index contributed by atoms with van der Waals surface area (Å²) in [6.07, 6.45) is 2.11. The van der Waals surface area contributed by atoms with Crippen LogP contribution in [0.15, 0.2) is 24.3 Å². The molecule has 1 amide bonds. The molecular weight excluding hydrogens is 216 g/mol. The summed E-state index contributed by atoms with van der Waals surface area (Å²) in [5.74, 6) is 0.0178. The lowest BCUT2D eigenvalue weighted by molar-refractivity contribution is 0.0707. The van der Waals surface area contributed by atoms with Gasteiger partial charge in [0.05, 0.1) is 6.61 Å². The SMILES string of the molecule is CNc1ccc(C(=O)N(CCO)C2CC2)cc1. The van der Waals surface area contributed by atoms with E-state index in [0.29, 0.717) is 18.2 Å². The van der Waals surface area contributed by atoms with E-state index in [-0.39, 0.29) is 12.5 Å². The number of rotatable bonds is 5. The Bertz CT molecular complexity index is 385. The summed E-state index contributed by atoms with van der Waals surface area (Å²) in [4.78, 5) is 14.0. The Balaban J connectivity index is 2.10. The Labute approximate surface area is 101 Å². The van der Waals surface area contributed by atoms with Crippen molar-refractivity contribution in [3.8, 4) is 0 Å². The highest BCUT2D eigenvalue weighted by Gasteiger charge is 2.32. The van der Waals surface area contributed by atoms with Crippen LogP contribution in [0.25, 0.3) is 0 Å². The third-order valence-electron chi connectivity index (χ3n) is 3.01. The summed E-state index contributed by atoms with van der Waals surface area (Å²) in [7, 11) is 1.85. The fraction of sp³-hybridized carbons (Fsp3) is 0.462. The van der Waals surface area contributed by atoms with E-state index in [9.17, 15) is 4.79 Å². The topological polar surface area (TPSA) is 52.6 Å². The van der Waals surface area contributed by atoms with Crippen LogP contribution in [-0.2, 0) is 0 Å². The zero-order valence-corrected chi connectivity index (χ0v) is 10.0. The molecule has 0 atom stereocenters. The highest BCUT2D eigenvalue weighted by Crippen LogP contribution is 2.28. The van der Waals surface area contributed by atoms with Crippen molar-refractivity contribution in [1.82, 2.24) is 4.90 Å². The lowest BCUT2D eigenvalue weighted by atomic mass is 10.1. The molecule has 92 valence electrons. The molecule has 0 heterocycles. The van der Waals surface area contributed by atoms with Gasteiger partial charge in [0, 0.05) is 30.9 Å². The molecule has 0 spiro atoms. The fourth-order valence-corrected chi connectivity index (χ4v) is 1.89. The van der Waals surface area contributed by atoms with Crippen molar-refractivity contribution in [2.45, 2.75) is 18.9 Å². The minimum Gasteiger partial charge on any atom is -0.395 e. The third kappa shape index (κ3) is 2.77. The Hall–Kier alpha value is -1.55. The molecular formula is C13H18N2O2. The van der Waals surface area contributed by atoms with Gasteiger partial charge in [-0.1, -0.05) is 0 Å². The van der Waals surface area contributed by atoms with Gasteiger partial charge in [0.2, 0.25) is 0 Å². The predicted octanol–water partition coefficient (Wildman–Crippen LogP) is 1.33. The van der Waals surface area contributed by atoms with Crippen LogP contribution in [0.3, 0.4) is 0 Å². The number of nitrogens with one attached hydrogen (secondary N) is 1. The Morgan fingerprint density at radius 1 is 1.41 bits per heavy atom. The molecule has 0 saturated heterocycles. The number of aliphatic hydroxyl groups is 1. The van der Waals surface area contributed by atoms with E-state index in [4.69, 9.17) is 5.11 Å². The van der Waals surface area contributed by atoms with Gasteiger partial charge in [-0.15, -0.1) is 0 Å². The van der Waals surface area contributed by atoms with Crippen molar-refractivity contribution in [2.75, 3.05) is 25.5 Å². The smallest absolute Gasteiger partial charge is 0.254 e. The highest BCUT2D eigenvalue weighted by molar-refractivity contribution is 5.95. The Morgan fingerprint density at radius 2 is 2.06 bits per heavy atom. The number of benzene rings is 1. The van der Waals surface area contributed by atoms with Gasteiger partial charge in [0.1, 0.15) is 0 Å². The molecule has 1 fully saturated rings. The van der Waals surface area contributed by atoms with Crippen LogP contribution in [0.4, 0.5) is 5.69 Å². The van der Waals surface area contributed by atoms with Crippen molar-refractivity contribution in [2.24, 2.45) is 0 Å². The zero-order valence-electron chi connectivity index (χ0n) is 10.0. The standard InChI is InChI=1S/C13H18N2O2/c1-14-11-4-2-10(3-5-11)13(17)15(8-9-16)12-6-7-12/h2-5,12,14,16H,6-9H2,1H3. The quantitative estimate of drug-likeness (QED) is 0.808. The second-order valence-corrected chi connectivity index (χ2v) is 4.28. The lowest BCUT2D eigenvalue weighted by Gasteiger charge is -2.21. The molecule has 0 bridgehead atoms. The molecule has 0 unspecified atom stereocenters. The summed E-state index contributed by atoms with van der Waals surface area (Å²) < 4.78 is 0.